The van der Waals surface area contributed by atoms with Crippen molar-refractivity contribution >= 4 is 17.1 Å². The van der Waals surface area contributed by atoms with Crippen LogP contribution in [-0.4, -0.2) is 0 Å². The summed E-state index contributed by atoms with van der Waals surface area (Å²) in [6, 6.07) is 56.5. The molecule has 1 aliphatic carbocycles. The molecular formula is C52H39NO. The van der Waals surface area contributed by atoms with E-state index >= 15 is 0 Å². The number of rotatable bonds is 6. The summed E-state index contributed by atoms with van der Waals surface area (Å²) in [4.78, 5) is 1.81. The minimum absolute atomic E-state index is 0.0771. The molecule has 0 N–H and O–H groups in total. The predicted molar refractivity (Wildman–Crippen MR) is 223 cm³/mol. The largest absolute Gasteiger partial charge is 0.457 e. The van der Waals surface area contributed by atoms with Gasteiger partial charge in [0.1, 0.15) is 11.5 Å². The Morgan fingerprint density at radius 3 is 1.76 bits per heavy atom. The zero-order valence-electron chi connectivity index (χ0n) is 35.0. The summed E-state index contributed by atoms with van der Waals surface area (Å²) in [5, 5.41) is 0. The minimum Gasteiger partial charge on any atom is -0.457 e. The van der Waals surface area contributed by atoms with Crippen LogP contribution in [0.5, 0.6) is 11.5 Å². The second-order valence-corrected chi connectivity index (χ2v) is 14.5. The molecule has 0 radical (unpaired) electrons. The van der Waals surface area contributed by atoms with Gasteiger partial charge in [0.15, 0.2) is 0 Å². The van der Waals surface area contributed by atoms with E-state index in [9.17, 15) is 2.74 Å². The highest BCUT2D eigenvalue weighted by molar-refractivity contribution is 5.87. The van der Waals surface area contributed by atoms with E-state index in [-0.39, 0.29) is 23.2 Å². The molecule has 0 saturated heterocycles. The van der Waals surface area contributed by atoms with Crippen LogP contribution in [0.25, 0.3) is 22.3 Å². The average molecular weight is 699 g/mol. The number of fused-ring (bicyclic) bond motifs is 5. The second-order valence-electron chi connectivity index (χ2n) is 14.5. The highest BCUT2D eigenvalue weighted by Crippen LogP contribution is 2.56. The molecule has 0 aromatic heterocycles. The van der Waals surface area contributed by atoms with Crippen LogP contribution < -0.4 is 9.64 Å². The van der Waals surface area contributed by atoms with E-state index in [0.717, 1.165) is 67.1 Å². The van der Waals surface area contributed by atoms with Crippen LogP contribution in [-0.2, 0) is 10.8 Å². The molecule has 2 heteroatoms. The number of hydrogen-bond donors (Lipinski definition) is 0. The first-order valence-electron chi connectivity index (χ1n) is 20.9. The molecule has 0 atom stereocenters. The second kappa shape index (κ2) is 12.5. The first-order chi connectivity index (χ1) is 28.6. The van der Waals surface area contributed by atoms with Crippen molar-refractivity contribution in [2.75, 3.05) is 4.90 Å². The van der Waals surface area contributed by atoms with Crippen molar-refractivity contribution in [3.05, 3.63) is 233 Å². The SMILES string of the molecule is [2H]c1c([2H])c([2H])c(N(c2ccc(-c3ccc4c(c3)C(C)(C)c3ccccc3O4)cc2)c2cccc(C3(c4ccccc4)c4ccccc4-c4ccccc43)c2)c([2H])c1[2H]. The molecule has 0 spiro atoms. The number of benzene rings is 8. The summed E-state index contributed by atoms with van der Waals surface area (Å²) in [6.07, 6.45) is 0. The van der Waals surface area contributed by atoms with Crippen molar-refractivity contribution in [3.8, 4) is 33.8 Å². The molecule has 0 bridgehead atoms. The summed E-state index contributed by atoms with van der Waals surface area (Å²) >= 11 is 0. The van der Waals surface area contributed by atoms with Crippen molar-refractivity contribution in [3.63, 3.8) is 0 Å². The number of ether oxygens (including phenoxy) is 1. The summed E-state index contributed by atoms with van der Waals surface area (Å²) in [6.45, 7) is 4.44. The van der Waals surface area contributed by atoms with Gasteiger partial charge in [-0.15, -0.1) is 0 Å². The van der Waals surface area contributed by atoms with E-state index in [4.69, 9.17) is 8.85 Å². The molecule has 2 nitrogen and oxygen atoms in total. The third kappa shape index (κ3) is 4.87. The van der Waals surface area contributed by atoms with Crippen molar-refractivity contribution in [1.82, 2.24) is 0 Å². The molecule has 0 unspecified atom stereocenters. The van der Waals surface area contributed by atoms with Crippen molar-refractivity contribution in [2.24, 2.45) is 0 Å². The van der Waals surface area contributed by atoms with E-state index in [1.54, 1.807) is 4.90 Å². The molecule has 0 saturated carbocycles. The topological polar surface area (TPSA) is 12.5 Å². The van der Waals surface area contributed by atoms with Crippen LogP contribution >= 0.6 is 0 Å². The quantitative estimate of drug-likeness (QED) is 0.171. The van der Waals surface area contributed by atoms with Crippen molar-refractivity contribution in [1.29, 1.82) is 0 Å². The third-order valence-electron chi connectivity index (χ3n) is 11.3. The van der Waals surface area contributed by atoms with Crippen LogP contribution in [0.15, 0.2) is 200 Å². The Kier molecular flexibility index (Phi) is 6.26. The lowest BCUT2D eigenvalue weighted by molar-refractivity contribution is 0.418. The van der Waals surface area contributed by atoms with Crippen LogP contribution in [0.2, 0.25) is 0 Å². The van der Waals surface area contributed by atoms with Gasteiger partial charge in [-0.3, -0.25) is 0 Å². The van der Waals surface area contributed by atoms with Gasteiger partial charge in [-0.05, 0) is 99.1 Å². The zero-order valence-corrected chi connectivity index (χ0v) is 30.0. The first kappa shape index (κ1) is 27.0. The predicted octanol–water partition coefficient (Wildman–Crippen LogP) is 13.6. The maximum Gasteiger partial charge on any atom is 0.131 e. The minimum atomic E-state index is -0.690. The Hall–Kier alpha value is -6.64. The van der Waals surface area contributed by atoms with E-state index in [1.807, 2.05) is 66.7 Å². The maximum absolute atomic E-state index is 9.18. The molecule has 0 amide bonds. The number of para-hydroxylation sites is 2. The monoisotopic (exact) mass is 698 g/mol. The van der Waals surface area contributed by atoms with Crippen LogP contribution in [0.4, 0.5) is 17.1 Å². The third-order valence-corrected chi connectivity index (χ3v) is 11.3. The summed E-state index contributed by atoms with van der Waals surface area (Å²) in [5.74, 6) is 1.71. The summed E-state index contributed by atoms with van der Waals surface area (Å²) in [5.41, 5.74) is 11.4. The molecule has 258 valence electrons. The highest BCUT2D eigenvalue weighted by atomic mass is 16.5. The number of anilines is 3. The molecule has 10 rings (SSSR count). The first-order valence-corrected chi connectivity index (χ1v) is 18.4. The van der Waals surface area contributed by atoms with E-state index in [1.165, 1.54) is 0 Å². The lowest BCUT2D eigenvalue weighted by Crippen LogP contribution is -2.28. The van der Waals surface area contributed by atoms with Gasteiger partial charge in [0, 0.05) is 33.6 Å². The Morgan fingerprint density at radius 2 is 1.04 bits per heavy atom. The summed E-state index contributed by atoms with van der Waals surface area (Å²) < 4.78 is 50.5. The molecule has 1 aliphatic heterocycles. The standard InChI is InChI=1S/C52H39NO/c1-51(2)47-26-13-14-27-49(47)54-50-33-30-37(34-48(50)51)36-28-31-41(32-29-36)53(40-19-7-4-8-20-40)42-21-15-18-39(35-42)52(38-16-5-3-6-17-38)45-24-11-9-22-43(45)44-23-10-12-25-46(44)52/h3-35H,1-2H3/i4D,7D,8D,19D,20D. The van der Waals surface area contributed by atoms with Gasteiger partial charge in [-0.1, -0.05) is 159 Å². The Labute approximate surface area is 324 Å². The zero-order chi connectivity index (χ0) is 40.6. The summed E-state index contributed by atoms with van der Waals surface area (Å²) in [7, 11) is 0. The smallest absolute Gasteiger partial charge is 0.131 e. The lowest BCUT2D eigenvalue weighted by Gasteiger charge is -2.35. The van der Waals surface area contributed by atoms with Gasteiger partial charge in [0.05, 0.1) is 12.3 Å². The Morgan fingerprint density at radius 1 is 0.444 bits per heavy atom. The molecular weight excluding hydrogens is 655 g/mol. The molecule has 1 heterocycles. The highest BCUT2D eigenvalue weighted by Gasteiger charge is 2.46. The molecule has 54 heavy (non-hydrogen) atoms. The number of hydrogen-bond acceptors (Lipinski definition) is 2. The van der Waals surface area contributed by atoms with Crippen LogP contribution in [0.3, 0.4) is 0 Å². The lowest BCUT2D eigenvalue weighted by atomic mass is 9.67. The van der Waals surface area contributed by atoms with Gasteiger partial charge in [-0.2, -0.15) is 0 Å². The van der Waals surface area contributed by atoms with Crippen LogP contribution in [0.1, 0.15) is 54.1 Å². The van der Waals surface area contributed by atoms with Crippen LogP contribution in [0, 0.1) is 0 Å². The number of nitrogens with zero attached hydrogens (tertiary/aromatic N) is 1. The van der Waals surface area contributed by atoms with Gasteiger partial charge in [0.2, 0.25) is 0 Å². The maximum atomic E-state index is 9.18. The van der Waals surface area contributed by atoms with Crippen molar-refractivity contribution in [2.45, 2.75) is 24.7 Å². The van der Waals surface area contributed by atoms with Gasteiger partial charge in [-0.25, -0.2) is 0 Å². The average Bonchev–Trinajstić information content (AvgIpc) is 3.58. The fraction of sp³-hybridized carbons (Fsp3) is 0.0769. The van der Waals surface area contributed by atoms with Gasteiger partial charge in [0.25, 0.3) is 0 Å². The fourth-order valence-electron chi connectivity index (χ4n) is 8.78. The Balaban J connectivity index is 1.15. The van der Waals surface area contributed by atoms with Crippen molar-refractivity contribution < 1.29 is 11.6 Å². The molecule has 0 fully saturated rings. The van der Waals surface area contributed by atoms with Gasteiger partial charge < -0.3 is 9.64 Å². The van der Waals surface area contributed by atoms with Gasteiger partial charge >= 0.3 is 0 Å². The fourth-order valence-corrected chi connectivity index (χ4v) is 8.78. The Bertz CT molecular complexity index is 2880. The molecule has 8 aromatic carbocycles. The molecule has 2 aliphatic rings. The van der Waals surface area contributed by atoms with E-state index in [2.05, 4.69) is 117 Å². The molecule has 8 aromatic rings. The normalized spacial score (nSPS) is 15.5. The van der Waals surface area contributed by atoms with E-state index in [0.29, 0.717) is 11.4 Å². The van der Waals surface area contributed by atoms with E-state index < -0.39 is 23.5 Å².